The van der Waals surface area contributed by atoms with Crippen LogP contribution in [0.2, 0.25) is 5.02 Å². The molecular weight excluding hydrogens is 238 g/mol. The highest BCUT2D eigenvalue weighted by atomic mass is 35.5. The zero-order valence-electron chi connectivity index (χ0n) is 9.27. The number of nitrogens with two attached hydrogens (primary N) is 1. The van der Waals surface area contributed by atoms with Crippen molar-refractivity contribution in [2.75, 3.05) is 0 Å². The first-order valence-corrected chi connectivity index (χ1v) is 5.52. The molecule has 1 aliphatic rings. The largest absolute Gasteiger partial charge is 0.366 e. The summed E-state index contributed by atoms with van der Waals surface area (Å²) in [7, 11) is 0. The molecule has 1 aliphatic heterocycles. The van der Waals surface area contributed by atoms with E-state index in [4.69, 9.17) is 17.3 Å². The molecule has 1 amide bonds. The molecule has 3 N–H and O–H groups in total. The number of nitrogens with one attached hydrogen (secondary N) is 1. The molecule has 1 aromatic rings. The van der Waals surface area contributed by atoms with Gasteiger partial charge in [0.05, 0.1) is 11.9 Å². The lowest BCUT2D eigenvalue weighted by Crippen LogP contribution is -2.28. The van der Waals surface area contributed by atoms with Gasteiger partial charge in [0.15, 0.2) is 0 Å². The van der Waals surface area contributed by atoms with E-state index in [0.717, 1.165) is 5.56 Å². The summed E-state index contributed by atoms with van der Waals surface area (Å²) < 4.78 is 0. The molecule has 0 fully saturated rings. The Labute approximate surface area is 104 Å². The first-order chi connectivity index (χ1) is 8.11. The van der Waals surface area contributed by atoms with Crippen molar-refractivity contribution in [3.63, 3.8) is 0 Å². The minimum absolute atomic E-state index is 0.428. The summed E-state index contributed by atoms with van der Waals surface area (Å²) in [6.45, 7) is 1.79. The van der Waals surface area contributed by atoms with Gasteiger partial charge in [0.2, 0.25) is 5.91 Å². The van der Waals surface area contributed by atoms with Crippen LogP contribution in [0.5, 0.6) is 0 Å². The van der Waals surface area contributed by atoms with Crippen LogP contribution in [-0.4, -0.2) is 12.2 Å². The zero-order valence-corrected chi connectivity index (χ0v) is 10.0. The van der Waals surface area contributed by atoms with E-state index in [1.807, 2.05) is 18.2 Å². The normalized spacial score (nSPS) is 19.1. The van der Waals surface area contributed by atoms with Gasteiger partial charge in [-0.05, 0) is 18.6 Å². The molecule has 88 valence electrons. The van der Waals surface area contributed by atoms with Crippen LogP contribution in [0.25, 0.3) is 0 Å². The molecular formula is C12H12ClN3O. The Bertz CT molecular complexity index is 522. The van der Waals surface area contributed by atoms with Gasteiger partial charge in [-0.15, -0.1) is 0 Å². The molecule has 0 saturated carbocycles. The number of allylic oxidation sites excluding steroid dienone is 1. The van der Waals surface area contributed by atoms with E-state index in [0.29, 0.717) is 16.3 Å². The number of carbonyl (C=O) groups is 1. The predicted molar refractivity (Wildman–Crippen MR) is 67.7 cm³/mol. The van der Waals surface area contributed by atoms with E-state index in [9.17, 15) is 4.79 Å². The molecule has 1 heterocycles. The molecule has 1 atom stereocenters. The third-order valence-electron chi connectivity index (χ3n) is 2.65. The summed E-state index contributed by atoms with van der Waals surface area (Å²) >= 11 is 6.11. The van der Waals surface area contributed by atoms with Crippen molar-refractivity contribution >= 4 is 23.8 Å². The molecule has 5 heteroatoms. The highest BCUT2D eigenvalue weighted by Crippen LogP contribution is 2.33. The second kappa shape index (κ2) is 4.59. The zero-order chi connectivity index (χ0) is 12.4. The predicted octanol–water partition coefficient (Wildman–Crippen LogP) is 1.77. The molecule has 0 aromatic heterocycles. The van der Waals surface area contributed by atoms with E-state index < -0.39 is 11.9 Å². The number of benzene rings is 1. The molecule has 0 bridgehead atoms. The van der Waals surface area contributed by atoms with E-state index in [1.54, 1.807) is 19.3 Å². The number of primary amides is 1. The van der Waals surface area contributed by atoms with Crippen LogP contribution in [0.1, 0.15) is 18.5 Å². The summed E-state index contributed by atoms with van der Waals surface area (Å²) in [5.74, 6) is -0.489. The van der Waals surface area contributed by atoms with Gasteiger partial charge in [0.25, 0.3) is 0 Å². The van der Waals surface area contributed by atoms with Crippen molar-refractivity contribution in [2.24, 2.45) is 10.7 Å². The van der Waals surface area contributed by atoms with Crippen LogP contribution >= 0.6 is 11.6 Å². The summed E-state index contributed by atoms with van der Waals surface area (Å²) in [6.07, 6.45) is 1.55. The van der Waals surface area contributed by atoms with Crippen LogP contribution in [-0.2, 0) is 4.79 Å². The summed E-state index contributed by atoms with van der Waals surface area (Å²) in [5.41, 5.74) is 7.31. The fourth-order valence-corrected chi connectivity index (χ4v) is 2.06. The molecule has 1 unspecified atom stereocenters. The summed E-state index contributed by atoms with van der Waals surface area (Å²) in [6, 6.07) is 6.86. The van der Waals surface area contributed by atoms with E-state index in [2.05, 4.69) is 10.3 Å². The number of amides is 1. The lowest BCUT2D eigenvalue weighted by atomic mass is 9.96. The van der Waals surface area contributed by atoms with Gasteiger partial charge >= 0.3 is 0 Å². The quantitative estimate of drug-likeness (QED) is 0.839. The number of aliphatic imine (C=N–C) groups is 1. The van der Waals surface area contributed by atoms with Gasteiger partial charge in [-0.1, -0.05) is 29.8 Å². The fourth-order valence-electron chi connectivity index (χ4n) is 1.82. The van der Waals surface area contributed by atoms with Gasteiger partial charge in [-0.2, -0.15) is 0 Å². The summed E-state index contributed by atoms with van der Waals surface area (Å²) in [5, 5.41) is 3.45. The molecule has 0 saturated heterocycles. The Balaban J connectivity index is 2.51. The molecule has 2 rings (SSSR count). The fraction of sp³-hybridized carbons (Fsp3) is 0.167. The van der Waals surface area contributed by atoms with E-state index in [1.165, 1.54) is 0 Å². The van der Waals surface area contributed by atoms with Crippen LogP contribution in [0.3, 0.4) is 0 Å². The smallest absolute Gasteiger partial charge is 0.248 e. The van der Waals surface area contributed by atoms with Gasteiger partial charge in [-0.25, -0.2) is 0 Å². The lowest BCUT2D eigenvalue weighted by molar-refractivity contribution is -0.114. The average Bonchev–Trinajstić information content (AvgIpc) is 2.28. The molecule has 4 nitrogen and oxygen atoms in total. The maximum absolute atomic E-state index is 11.5. The highest BCUT2D eigenvalue weighted by molar-refractivity contribution is 6.31. The molecule has 0 aliphatic carbocycles. The maximum atomic E-state index is 11.5. The molecule has 17 heavy (non-hydrogen) atoms. The minimum atomic E-state index is -0.489. The Morgan fingerprint density at radius 2 is 2.18 bits per heavy atom. The summed E-state index contributed by atoms with van der Waals surface area (Å²) in [4.78, 5) is 15.7. The second-order valence-electron chi connectivity index (χ2n) is 3.75. The van der Waals surface area contributed by atoms with Crippen molar-refractivity contribution in [1.29, 1.82) is 0 Å². The Kier molecular flexibility index (Phi) is 3.15. The third kappa shape index (κ3) is 2.17. The van der Waals surface area contributed by atoms with Gasteiger partial charge in [0, 0.05) is 10.7 Å². The van der Waals surface area contributed by atoms with Crippen molar-refractivity contribution in [1.82, 2.24) is 5.32 Å². The van der Waals surface area contributed by atoms with E-state index >= 15 is 0 Å². The first-order valence-electron chi connectivity index (χ1n) is 5.14. The maximum Gasteiger partial charge on any atom is 0.248 e. The SMILES string of the molecule is CC1=C(C(N)=O)C(c2ccccc2Cl)N=CN1. The Morgan fingerprint density at radius 3 is 2.82 bits per heavy atom. The lowest BCUT2D eigenvalue weighted by Gasteiger charge is -2.22. The van der Waals surface area contributed by atoms with Gasteiger partial charge in [-0.3, -0.25) is 9.79 Å². The number of halogens is 1. The number of carbonyl (C=O) groups excluding carboxylic acids is 1. The number of nitrogens with zero attached hydrogens (tertiary/aromatic N) is 1. The van der Waals surface area contributed by atoms with Gasteiger partial charge < -0.3 is 11.1 Å². The number of hydrogen-bond donors (Lipinski definition) is 2. The second-order valence-corrected chi connectivity index (χ2v) is 4.16. The van der Waals surface area contributed by atoms with Crippen molar-refractivity contribution in [3.05, 3.63) is 46.1 Å². The van der Waals surface area contributed by atoms with Crippen molar-refractivity contribution in [3.8, 4) is 0 Å². The molecule has 1 aromatic carbocycles. The number of rotatable bonds is 2. The van der Waals surface area contributed by atoms with Crippen molar-refractivity contribution < 1.29 is 4.79 Å². The van der Waals surface area contributed by atoms with Gasteiger partial charge in [0.1, 0.15) is 6.04 Å². The van der Waals surface area contributed by atoms with Crippen LogP contribution < -0.4 is 11.1 Å². The monoisotopic (exact) mass is 249 g/mol. The minimum Gasteiger partial charge on any atom is -0.366 e. The topological polar surface area (TPSA) is 67.5 Å². The van der Waals surface area contributed by atoms with Crippen LogP contribution in [0, 0.1) is 0 Å². The first kappa shape index (κ1) is 11.7. The standard InChI is InChI=1S/C12H12ClN3O/c1-7-10(12(14)17)11(16-6-15-7)8-4-2-3-5-9(8)13/h2-6,11H,1H3,(H2,14,17)(H,15,16). The van der Waals surface area contributed by atoms with E-state index in [-0.39, 0.29) is 0 Å². The third-order valence-corrected chi connectivity index (χ3v) is 2.99. The van der Waals surface area contributed by atoms with Crippen LogP contribution in [0.15, 0.2) is 40.5 Å². The number of hydrogen-bond acceptors (Lipinski definition) is 3. The Hall–Kier alpha value is -1.81. The van der Waals surface area contributed by atoms with Crippen LogP contribution in [0.4, 0.5) is 0 Å². The van der Waals surface area contributed by atoms with Crippen molar-refractivity contribution in [2.45, 2.75) is 13.0 Å². The Morgan fingerprint density at radius 1 is 1.47 bits per heavy atom. The molecule has 0 spiro atoms. The average molecular weight is 250 g/mol. The molecule has 0 radical (unpaired) electrons. The highest BCUT2D eigenvalue weighted by Gasteiger charge is 2.26.